The van der Waals surface area contributed by atoms with Crippen LogP contribution in [0.5, 0.6) is 0 Å². The molecule has 7 heteroatoms. The minimum Gasteiger partial charge on any atom is -0.462 e. The summed E-state index contributed by atoms with van der Waals surface area (Å²) >= 11 is 2.92. The van der Waals surface area contributed by atoms with E-state index in [1.54, 1.807) is 6.92 Å². The first-order chi connectivity index (χ1) is 15.5. The lowest BCUT2D eigenvalue weighted by atomic mass is 9.83. The minimum absolute atomic E-state index is 0.152. The van der Waals surface area contributed by atoms with Crippen molar-refractivity contribution in [1.29, 1.82) is 0 Å². The maximum atomic E-state index is 12.8. The smallest absolute Gasteiger partial charge is 0.341 e. The Kier molecular flexibility index (Phi) is 7.17. The van der Waals surface area contributed by atoms with E-state index in [4.69, 9.17) is 10.5 Å². The molecular formula is C25H26N2O3S2. The largest absolute Gasteiger partial charge is 0.462 e. The van der Waals surface area contributed by atoms with Gasteiger partial charge in [-0.15, -0.1) is 23.1 Å². The minimum atomic E-state index is -0.359. The van der Waals surface area contributed by atoms with E-state index in [0.717, 1.165) is 34.6 Å². The summed E-state index contributed by atoms with van der Waals surface area (Å²) in [4.78, 5) is 27.5. The van der Waals surface area contributed by atoms with Gasteiger partial charge in [-0.2, -0.15) is 0 Å². The molecule has 3 N–H and O–H groups in total. The van der Waals surface area contributed by atoms with Gasteiger partial charge in [0.1, 0.15) is 5.00 Å². The van der Waals surface area contributed by atoms with Gasteiger partial charge in [0.25, 0.3) is 0 Å². The van der Waals surface area contributed by atoms with Crippen molar-refractivity contribution in [3.05, 3.63) is 76.2 Å². The van der Waals surface area contributed by atoms with E-state index in [-0.39, 0.29) is 17.6 Å². The molecule has 4 rings (SSSR count). The summed E-state index contributed by atoms with van der Waals surface area (Å²) in [5.41, 5.74) is 9.35. The van der Waals surface area contributed by atoms with Crippen LogP contribution in [-0.4, -0.2) is 24.2 Å². The summed E-state index contributed by atoms with van der Waals surface area (Å²) in [6.07, 6.45) is 2.64. The Hall–Kier alpha value is -2.77. The third-order valence-corrected chi connectivity index (χ3v) is 7.66. The Balaban J connectivity index is 1.53. The van der Waals surface area contributed by atoms with Gasteiger partial charge in [0.15, 0.2) is 0 Å². The van der Waals surface area contributed by atoms with Crippen LogP contribution in [0.15, 0.2) is 59.5 Å². The van der Waals surface area contributed by atoms with Crippen LogP contribution in [0.25, 0.3) is 0 Å². The zero-order valence-electron chi connectivity index (χ0n) is 17.9. The van der Waals surface area contributed by atoms with Crippen molar-refractivity contribution in [2.24, 2.45) is 0 Å². The zero-order chi connectivity index (χ0) is 22.5. The van der Waals surface area contributed by atoms with Gasteiger partial charge in [-0.25, -0.2) is 4.79 Å². The number of hydrogen-bond donors (Lipinski definition) is 2. The van der Waals surface area contributed by atoms with Crippen LogP contribution >= 0.6 is 23.1 Å². The maximum absolute atomic E-state index is 12.8. The third kappa shape index (κ3) is 5.16. The highest BCUT2D eigenvalue weighted by Crippen LogP contribution is 2.43. The quantitative estimate of drug-likeness (QED) is 0.273. The standard InChI is InChI=1S/C25H26N2O3S2/c1-2-30-25(29)23-20-12-11-17(16-7-4-3-5-8-16)13-21(20)32-24(23)27-22(28)15-31-19-10-6-9-18(26)14-19/h3-10,14,17H,2,11-13,15,26H2,1H3,(H,27,28). The van der Waals surface area contributed by atoms with Crippen LogP contribution < -0.4 is 11.1 Å². The number of benzene rings is 2. The number of rotatable bonds is 7. The first-order valence-corrected chi connectivity index (χ1v) is 12.5. The predicted molar refractivity (Wildman–Crippen MR) is 132 cm³/mol. The van der Waals surface area contributed by atoms with Gasteiger partial charge >= 0.3 is 5.97 Å². The molecule has 0 radical (unpaired) electrons. The van der Waals surface area contributed by atoms with Crippen LogP contribution in [-0.2, 0) is 22.4 Å². The number of anilines is 2. The summed E-state index contributed by atoms with van der Waals surface area (Å²) in [5, 5.41) is 3.57. The highest BCUT2D eigenvalue weighted by atomic mass is 32.2. The molecule has 1 heterocycles. The fraction of sp³-hybridized carbons (Fsp3) is 0.280. The molecule has 0 bridgehead atoms. The summed E-state index contributed by atoms with van der Waals surface area (Å²) < 4.78 is 5.33. The van der Waals surface area contributed by atoms with Gasteiger partial charge in [-0.3, -0.25) is 4.79 Å². The molecule has 3 aromatic rings. The van der Waals surface area contributed by atoms with Gasteiger partial charge < -0.3 is 15.8 Å². The lowest BCUT2D eigenvalue weighted by Crippen LogP contribution is -2.18. The van der Waals surface area contributed by atoms with E-state index in [1.165, 1.54) is 28.7 Å². The molecule has 2 aromatic carbocycles. The molecule has 1 atom stereocenters. The van der Waals surface area contributed by atoms with E-state index in [0.29, 0.717) is 28.8 Å². The second kappa shape index (κ2) is 10.2. The van der Waals surface area contributed by atoms with Crippen molar-refractivity contribution in [1.82, 2.24) is 0 Å². The molecular weight excluding hydrogens is 440 g/mol. The van der Waals surface area contributed by atoms with E-state index in [2.05, 4.69) is 29.6 Å². The fourth-order valence-corrected chi connectivity index (χ4v) is 6.11. The number of nitrogen functional groups attached to an aromatic ring is 1. The van der Waals surface area contributed by atoms with Crippen molar-refractivity contribution in [2.75, 3.05) is 23.4 Å². The molecule has 1 aliphatic rings. The van der Waals surface area contributed by atoms with E-state index in [1.807, 2.05) is 30.3 Å². The fourth-order valence-electron chi connectivity index (χ4n) is 4.02. The molecule has 166 valence electrons. The lowest BCUT2D eigenvalue weighted by molar-refractivity contribution is -0.113. The summed E-state index contributed by atoms with van der Waals surface area (Å²) in [7, 11) is 0. The zero-order valence-corrected chi connectivity index (χ0v) is 19.6. The highest BCUT2D eigenvalue weighted by molar-refractivity contribution is 8.00. The van der Waals surface area contributed by atoms with Gasteiger partial charge in [-0.05, 0) is 61.4 Å². The first kappa shape index (κ1) is 22.4. The van der Waals surface area contributed by atoms with Crippen LogP contribution in [0, 0.1) is 0 Å². The van der Waals surface area contributed by atoms with Gasteiger partial charge in [0, 0.05) is 15.5 Å². The van der Waals surface area contributed by atoms with Gasteiger partial charge in [0.2, 0.25) is 5.91 Å². The number of carbonyl (C=O) groups excluding carboxylic acids is 2. The molecule has 0 spiro atoms. The summed E-state index contributed by atoms with van der Waals surface area (Å²) in [5.74, 6) is 0.143. The average Bonchev–Trinajstić information content (AvgIpc) is 3.15. The Morgan fingerprint density at radius 2 is 2.00 bits per heavy atom. The van der Waals surface area contributed by atoms with Gasteiger partial charge in [-0.1, -0.05) is 36.4 Å². The maximum Gasteiger partial charge on any atom is 0.341 e. The van der Waals surface area contributed by atoms with E-state index >= 15 is 0 Å². The highest BCUT2D eigenvalue weighted by Gasteiger charge is 2.30. The molecule has 1 unspecified atom stereocenters. The average molecular weight is 467 g/mol. The molecule has 1 aromatic heterocycles. The Bertz CT molecular complexity index is 1110. The van der Waals surface area contributed by atoms with Crippen molar-refractivity contribution in [2.45, 2.75) is 37.0 Å². The Morgan fingerprint density at radius 1 is 1.19 bits per heavy atom. The van der Waals surface area contributed by atoms with E-state index in [9.17, 15) is 9.59 Å². The van der Waals surface area contributed by atoms with Crippen molar-refractivity contribution >= 4 is 45.7 Å². The topological polar surface area (TPSA) is 81.4 Å². The number of nitrogens with two attached hydrogens (primary N) is 1. The van der Waals surface area contributed by atoms with Gasteiger partial charge in [0.05, 0.1) is 17.9 Å². The van der Waals surface area contributed by atoms with Crippen LogP contribution in [0.2, 0.25) is 0 Å². The number of nitrogens with one attached hydrogen (secondary N) is 1. The Labute approximate surface area is 196 Å². The molecule has 0 aliphatic heterocycles. The number of thioether (sulfide) groups is 1. The van der Waals surface area contributed by atoms with Crippen LogP contribution in [0.4, 0.5) is 10.7 Å². The number of amides is 1. The molecule has 0 saturated carbocycles. The Morgan fingerprint density at radius 3 is 2.75 bits per heavy atom. The summed E-state index contributed by atoms with van der Waals surface area (Å²) in [6.45, 7) is 2.09. The number of carbonyl (C=O) groups is 2. The number of fused-ring (bicyclic) bond motifs is 1. The summed E-state index contributed by atoms with van der Waals surface area (Å²) in [6, 6.07) is 17.9. The third-order valence-electron chi connectivity index (χ3n) is 5.50. The number of thiophene rings is 1. The van der Waals surface area contributed by atoms with Crippen molar-refractivity contribution in [3.8, 4) is 0 Å². The first-order valence-electron chi connectivity index (χ1n) is 10.7. The predicted octanol–water partition coefficient (Wildman–Crippen LogP) is 5.51. The number of hydrogen-bond acceptors (Lipinski definition) is 6. The number of esters is 1. The van der Waals surface area contributed by atoms with E-state index < -0.39 is 0 Å². The molecule has 0 saturated heterocycles. The normalized spacial score (nSPS) is 15.1. The molecule has 32 heavy (non-hydrogen) atoms. The van der Waals surface area contributed by atoms with Crippen molar-refractivity contribution in [3.63, 3.8) is 0 Å². The van der Waals surface area contributed by atoms with Crippen LogP contribution in [0.3, 0.4) is 0 Å². The molecule has 1 aliphatic carbocycles. The SMILES string of the molecule is CCOC(=O)c1c(NC(=O)CSc2cccc(N)c2)sc2c1CCC(c1ccccc1)C2. The van der Waals surface area contributed by atoms with Crippen molar-refractivity contribution < 1.29 is 14.3 Å². The lowest BCUT2D eigenvalue weighted by Gasteiger charge is -2.23. The molecule has 0 fully saturated rings. The van der Waals surface area contributed by atoms with Crippen LogP contribution in [0.1, 0.15) is 45.6 Å². The number of ether oxygens (including phenoxy) is 1. The monoisotopic (exact) mass is 466 g/mol. The second-order valence-electron chi connectivity index (χ2n) is 7.69. The second-order valence-corrected chi connectivity index (χ2v) is 9.84. The molecule has 1 amide bonds. The molecule has 5 nitrogen and oxygen atoms in total.